The van der Waals surface area contributed by atoms with E-state index in [-0.39, 0.29) is 29.4 Å². The number of aromatic hydroxyl groups is 2. The van der Waals surface area contributed by atoms with Gasteiger partial charge in [-0.3, -0.25) is 0 Å². The van der Waals surface area contributed by atoms with Crippen molar-refractivity contribution in [3.8, 4) is 11.5 Å². The van der Waals surface area contributed by atoms with E-state index in [9.17, 15) is 15.3 Å². The molecule has 0 heterocycles. The third kappa shape index (κ3) is 5.31. The van der Waals surface area contributed by atoms with Crippen molar-refractivity contribution in [2.75, 3.05) is 6.61 Å². The summed E-state index contributed by atoms with van der Waals surface area (Å²) in [6.45, 7) is 11.0. The zero-order valence-electron chi connectivity index (χ0n) is 18.5. The fraction of sp³-hybridized carbons (Fsp3) is 0.680. The van der Waals surface area contributed by atoms with Crippen molar-refractivity contribution in [1.29, 1.82) is 0 Å². The molecule has 1 unspecified atom stereocenters. The molecule has 158 valence electrons. The Hall–Kier alpha value is -1.48. The summed E-state index contributed by atoms with van der Waals surface area (Å²) in [7, 11) is 0. The number of hydrogen-bond acceptors (Lipinski definition) is 3. The van der Waals surface area contributed by atoms with Crippen molar-refractivity contribution in [3.05, 3.63) is 34.9 Å². The Morgan fingerprint density at radius 3 is 2.25 bits per heavy atom. The Bertz CT molecular complexity index is 649. The van der Waals surface area contributed by atoms with Crippen LogP contribution in [0.4, 0.5) is 0 Å². The van der Waals surface area contributed by atoms with Crippen LogP contribution in [0.5, 0.6) is 11.5 Å². The third-order valence-corrected chi connectivity index (χ3v) is 6.68. The molecule has 0 amide bonds. The predicted octanol–water partition coefficient (Wildman–Crippen LogP) is 6.41. The molecular weight excluding hydrogens is 348 g/mol. The largest absolute Gasteiger partial charge is 0.508 e. The number of phenols is 2. The van der Waals surface area contributed by atoms with Gasteiger partial charge in [0.1, 0.15) is 11.5 Å². The monoisotopic (exact) mass is 388 g/mol. The topological polar surface area (TPSA) is 60.7 Å². The first-order valence-corrected chi connectivity index (χ1v) is 11.1. The molecule has 3 N–H and O–H groups in total. The van der Waals surface area contributed by atoms with Crippen LogP contribution < -0.4 is 0 Å². The molecular formula is C25H40O3. The fourth-order valence-corrected chi connectivity index (χ4v) is 4.70. The van der Waals surface area contributed by atoms with Crippen LogP contribution in [-0.4, -0.2) is 21.9 Å². The van der Waals surface area contributed by atoms with E-state index in [4.69, 9.17) is 0 Å². The lowest BCUT2D eigenvalue weighted by molar-refractivity contribution is 0.267. The molecule has 0 bridgehead atoms. The Morgan fingerprint density at radius 2 is 1.71 bits per heavy atom. The lowest BCUT2D eigenvalue weighted by atomic mass is 9.70. The average Bonchev–Trinajstić information content (AvgIpc) is 2.64. The zero-order valence-corrected chi connectivity index (χ0v) is 18.5. The van der Waals surface area contributed by atoms with E-state index >= 15 is 0 Å². The SMILES string of the molecule is CCCCCCC(C)(C)c1cc(O)c(C2CC(CO)=CC[C@H]2C(C)C)c(O)c1. The number of rotatable bonds is 9. The zero-order chi connectivity index (χ0) is 20.9. The summed E-state index contributed by atoms with van der Waals surface area (Å²) in [4.78, 5) is 0. The van der Waals surface area contributed by atoms with Gasteiger partial charge >= 0.3 is 0 Å². The van der Waals surface area contributed by atoms with Crippen LogP contribution >= 0.6 is 0 Å². The summed E-state index contributed by atoms with van der Waals surface area (Å²) in [6.07, 6.45) is 9.60. The molecule has 0 fully saturated rings. The van der Waals surface area contributed by atoms with E-state index in [1.165, 1.54) is 19.3 Å². The first-order chi connectivity index (χ1) is 13.2. The van der Waals surface area contributed by atoms with Crippen LogP contribution in [-0.2, 0) is 5.41 Å². The third-order valence-electron chi connectivity index (χ3n) is 6.68. The molecule has 0 radical (unpaired) electrons. The van der Waals surface area contributed by atoms with Crippen molar-refractivity contribution in [2.24, 2.45) is 11.8 Å². The maximum absolute atomic E-state index is 10.9. The Morgan fingerprint density at radius 1 is 1.07 bits per heavy atom. The molecule has 3 heteroatoms. The average molecular weight is 389 g/mol. The normalized spacial score (nSPS) is 20.5. The first-order valence-electron chi connectivity index (χ1n) is 11.1. The Labute approximate surface area is 171 Å². The number of unbranched alkanes of at least 4 members (excludes halogenated alkanes) is 3. The second kappa shape index (κ2) is 9.82. The molecule has 1 aromatic carbocycles. The molecule has 28 heavy (non-hydrogen) atoms. The molecule has 2 atom stereocenters. The maximum atomic E-state index is 10.9. The van der Waals surface area contributed by atoms with Crippen molar-refractivity contribution in [3.63, 3.8) is 0 Å². The van der Waals surface area contributed by atoms with Crippen LogP contribution in [0.25, 0.3) is 0 Å². The summed E-state index contributed by atoms with van der Waals surface area (Å²) in [5.74, 6) is 1.22. The molecule has 1 aromatic rings. The summed E-state index contributed by atoms with van der Waals surface area (Å²) >= 11 is 0. The minimum Gasteiger partial charge on any atom is -0.508 e. The van der Waals surface area contributed by atoms with Crippen LogP contribution in [0.1, 0.15) is 96.6 Å². The number of aliphatic hydroxyl groups is 1. The van der Waals surface area contributed by atoms with Crippen LogP contribution in [0.3, 0.4) is 0 Å². The molecule has 0 saturated heterocycles. The van der Waals surface area contributed by atoms with Crippen molar-refractivity contribution >= 4 is 0 Å². The highest BCUT2D eigenvalue weighted by atomic mass is 16.3. The lowest BCUT2D eigenvalue weighted by Gasteiger charge is -2.35. The van der Waals surface area contributed by atoms with Crippen molar-refractivity contribution < 1.29 is 15.3 Å². The molecule has 0 aromatic heterocycles. The van der Waals surface area contributed by atoms with Gasteiger partial charge in [-0.2, -0.15) is 0 Å². The van der Waals surface area contributed by atoms with Gasteiger partial charge in [-0.1, -0.05) is 66.4 Å². The van der Waals surface area contributed by atoms with Gasteiger partial charge in [-0.25, -0.2) is 0 Å². The quantitative estimate of drug-likeness (QED) is 0.338. The maximum Gasteiger partial charge on any atom is 0.123 e. The standard InChI is InChI=1S/C25H40O3/c1-6-7-8-9-12-25(4,5)19-14-22(27)24(23(28)15-19)21-13-18(16-26)10-11-20(21)17(2)3/h10,14-15,17,20-21,26-28H,6-9,11-13,16H2,1-5H3/t20-,21?/m0/s1. The highest BCUT2D eigenvalue weighted by molar-refractivity contribution is 5.51. The van der Waals surface area contributed by atoms with Gasteiger partial charge in [0.2, 0.25) is 0 Å². The smallest absolute Gasteiger partial charge is 0.123 e. The predicted molar refractivity (Wildman–Crippen MR) is 117 cm³/mol. The molecule has 1 aliphatic carbocycles. The van der Waals surface area contributed by atoms with Crippen LogP contribution in [0.15, 0.2) is 23.8 Å². The van der Waals surface area contributed by atoms with E-state index in [0.717, 1.165) is 30.4 Å². The second-order valence-electron chi connectivity index (χ2n) is 9.60. The van der Waals surface area contributed by atoms with Gasteiger partial charge in [0, 0.05) is 5.56 Å². The van der Waals surface area contributed by atoms with Gasteiger partial charge in [0.05, 0.1) is 6.61 Å². The van der Waals surface area contributed by atoms with Crippen molar-refractivity contribution in [2.45, 2.75) is 90.9 Å². The summed E-state index contributed by atoms with van der Waals surface area (Å²) in [5.41, 5.74) is 2.57. The number of phenolic OH excluding ortho intramolecular Hbond substituents is 2. The number of benzene rings is 1. The number of allylic oxidation sites excluding steroid dienone is 1. The number of aliphatic hydroxyl groups excluding tert-OH is 1. The van der Waals surface area contributed by atoms with Crippen molar-refractivity contribution in [1.82, 2.24) is 0 Å². The summed E-state index contributed by atoms with van der Waals surface area (Å²) in [5, 5.41) is 31.4. The molecule has 0 saturated carbocycles. The summed E-state index contributed by atoms with van der Waals surface area (Å²) in [6, 6.07) is 3.73. The van der Waals surface area contributed by atoms with E-state index in [0.29, 0.717) is 23.8 Å². The highest BCUT2D eigenvalue weighted by Gasteiger charge is 2.34. The fourth-order valence-electron chi connectivity index (χ4n) is 4.70. The van der Waals surface area contributed by atoms with Gasteiger partial charge in [0.15, 0.2) is 0 Å². The van der Waals surface area contributed by atoms with Gasteiger partial charge < -0.3 is 15.3 Å². The second-order valence-corrected chi connectivity index (χ2v) is 9.60. The molecule has 2 rings (SSSR count). The lowest BCUT2D eigenvalue weighted by Crippen LogP contribution is -2.24. The molecule has 3 nitrogen and oxygen atoms in total. The van der Waals surface area contributed by atoms with E-state index in [1.54, 1.807) is 0 Å². The molecule has 1 aliphatic rings. The minimum absolute atomic E-state index is 0.0360. The Kier molecular flexibility index (Phi) is 8.00. The van der Waals surface area contributed by atoms with Gasteiger partial charge in [-0.15, -0.1) is 0 Å². The van der Waals surface area contributed by atoms with E-state index < -0.39 is 0 Å². The number of hydrogen-bond donors (Lipinski definition) is 3. The van der Waals surface area contributed by atoms with Gasteiger partial charge in [0.25, 0.3) is 0 Å². The van der Waals surface area contributed by atoms with E-state index in [2.05, 4.69) is 40.7 Å². The highest BCUT2D eigenvalue weighted by Crippen LogP contribution is 2.49. The van der Waals surface area contributed by atoms with Crippen LogP contribution in [0.2, 0.25) is 0 Å². The summed E-state index contributed by atoms with van der Waals surface area (Å²) < 4.78 is 0. The van der Waals surface area contributed by atoms with E-state index in [1.807, 2.05) is 12.1 Å². The molecule has 0 aliphatic heterocycles. The Balaban J connectivity index is 2.31. The molecule has 0 spiro atoms. The first kappa shape index (κ1) is 22.8. The van der Waals surface area contributed by atoms with Crippen LogP contribution in [0, 0.1) is 11.8 Å². The van der Waals surface area contributed by atoms with Gasteiger partial charge in [-0.05, 0) is 65.7 Å². The minimum atomic E-state index is -0.0819.